The molecule has 4 unspecified atom stereocenters. The first kappa shape index (κ1) is 26.8. The van der Waals surface area contributed by atoms with Crippen molar-refractivity contribution >= 4 is 5.91 Å². The fraction of sp³-hybridized carbons (Fsp3) is 0.536. The van der Waals surface area contributed by atoms with Gasteiger partial charge in [-0.25, -0.2) is 14.2 Å². The van der Waals surface area contributed by atoms with Crippen molar-refractivity contribution in [3.63, 3.8) is 0 Å². The maximum Gasteiger partial charge on any atom is 0.252 e. The quantitative estimate of drug-likeness (QED) is 0.509. The minimum Gasteiger partial charge on any atom is -0.494 e. The van der Waals surface area contributed by atoms with Crippen LogP contribution in [0.5, 0.6) is 11.5 Å². The molecule has 0 radical (unpaired) electrons. The topological polar surface area (TPSA) is 78.1 Å². The van der Waals surface area contributed by atoms with Crippen LogP contribution in [0.2, 0.25) is 0 Å². The van der Waals surface area contributed by atoms with Gasteiger partial charge in [0, 0.05) is 61.9 Å². The van der Waals surface area contributed by atoms with Gasteiger partial charge in [0.25, 0.3) is 5.91 Å². The van der Waals surface area contributed by atoms with Gasteiger partial charge in [-0.1, -0.05) is 12.1 Å². The standard InChI is InChI=1S/C28H37F2N5O3/c1-34-10-12-35(13-11-34)16-17-4-6-18(7-5-17)28(36)31-27-20-9-8-19(14-21(20)32-33-27)24-25(29)22(37-2)15-23(38-3)26(24)30/h4-7,15,19-21,27,32-33H,8-14,16H2,1-3H3,(H,31,36). The van der Waals surface area contributed by atoms with Crippen molar-refractivity contribution in [2.24, 2.45) is 5.92 Å². The number of methoxy groups -OCH3 is 2. The number of nitrogens with one attached hydrogen (secondary N) is 3. The Morgan fingerprint density at radius 1 is 1.00 bits per heavy atom. The molecule has 2 aromatic carbocycles. The molecule has 3 aliphatic rings. The van der Waals surface area contributed by atoms with Crippen molar-refractivity contribution in [1.82, 2.24) is 26.0 Å². The summed E-state index contributed by atoms with van der Waals surface area (Å²) in [4.78, 5) is 17.8. The lowest BCUT2D eigenvalue weighted by Gasteiger charge is -2.33. The van der Waals surface area contributed by atoms with Crippen LogP contribution in [0.25, 0.3) is 0 Å². The second-order valence-corrected chi connectivity index (χ2v) is 10.6. The molecule has 1 aliphatic carbocycles. The number of fused-ring (bicyclic) bond motifs is 1. The van der Waals surface area contributed by atoms with Gasteiger partial charge in [0.15, 0.2) is 23.1 Å². The molecule has 3 N–H and O–H groups in total. The lowest BCUT2D eigenvalue weighted by atomic mass is 9.75. The van der Waals surface area contributed by atoms with Crippen molar-refractivity contribution < 1.29 is 23.0 Å². The van der Waals surface area contributed by atoms with E-state index >= 15 is 8.78 Å². The number of likely N-dealkylation sites (N-methyl/N-ethyl adjacent to an activating group) is 1. The zero-order valence-corrected chi connectivity index (χ0v) is 22.2. The Bertz CT molecular complexity index is 1110. The van der Waals surface area contributed by atoms with Gasteiger partial charge in [0.05, 0.1) is 20.4 Å². The highest BCUT2D eigenvalue weighted by Crippen LogP contribution is 2.44. The number of rotatable bonds is 7. The number of nitrogens with zero attached hydrogens (tertiary/aromatic N) is 2. The number of hydrogen-bond acceptors (Lipinski definition) is 7. The molecule has 10 heteroatoms. The molecule has 3 fully saturated rings. The lowest BCUT2D eigenvalue weighted by Crippen LogP contribution is -2.47. The first-order valence-corrected chi connectivity index (χ1v) is 13.3. The van der Waals surface area contributed by atoms with E-state index in [2.05, 4.69) is 33.0 Å². The summed E-state index contributed by atoms with van der Waals surface area (Å²) in [7, 11) is 4.85. The summed E-state index contributed by atoms with van der Waals surface area (Å²) in [6.45, 7) is 5.13. The van der Waals surface area contributed by atoms with Crippen LogP contribution in [-0.4, -0.2) is 75.4 Å². The third kappa shape index (κ3) is 5.49. The van der Waals surface area contributed by atoms with Crippen LogP contribution in [-0.2, 0) is 6.54 Å². The van der Waals surface area contributed by atoms with Crippen LogP contribution < -0.4 is 25.6 Å². The van der Waals surface area contributed by atoms with Crippen molar-refractivity contribution in [2.45, 2.75) is 43.9 Å². The molecule has 2 saturated heterocycles. The fourth-order valence-corrected chi connectivity index (χ4v) is 5.98. The largest absolute Gasteiger partial charge is 0.494 e. The average molecular weight is 530 g/mol. The van der Waals surface area contributed by atoms with Crippen LogP contribution in [0.15, 0.2) is 30.3 Å². The number of benzene rings is 2. The Labute approximate surface area is 222 Å². The SMILES string of the molecule is COc1cc(OC)c(F)c(C2CCC3C(C2)NNC3NC(=O)c2ccc(CN3CCN(C)CC3)cc2)c1F. The maximum absolute atomic E-state index is 15.1. The smallest absolute Gasteiger partial charge is 0.252 e. The zero-order valence-electron chi connectivity index (χ0n) is 22.2. The van der Waals surface area contributed by atoms with Crippen LogP contribution in [0.4, 0.5) is 8.78 Å². The molecule has 4 atom stereocenters. The molecule has 206 valence electrons. The number of carbonyl (C=O) groups is 1. The van der Waals surface area contributed by atoms with Crippen molar-refractivity contribution in [1.29, 1.82) is 0 Å². The molecule has 0 spiro atoms. The Kier molecular flexibility index (Phi) is 8.13. The Morgan fingerprint density at radius 2 is 1.66 bits per heavy atom. The molecule has 0 aromatic heterocycles. The molecular formula is C28H37F2N5O3. The molecule has 8 nitrogen and oxygen atoms in total. The maximum atomic E-state index is 15.1. The van der Waals surface area contributed by atoms with Gasteiger partial charge < -0.3 is 19.7 Å². The van der Waals surface area contributed by atoms with E-state index in [0.717, 1.165) is 32.7 Å². The van der Waals surface area contributed by atoms with E-state index in [4.69, 9.17) is 9.47 Å². The monoisotopic (exact) mass is 529 g/mol. The average Bonchev–Trinajstić information content (AvgIpc) is 3.32. The summed E-state index contributed by atoms with van der Waals surface area (Å²) < 4.78 is 40.4. The predicted molar refractivity (Wildman–Crippen MR) is 140 cm³/mol. The summed E-state index contributed by atoms with van der Waals surface area (Å²) in [5, 5.41) is 3.10. The van der Waals surface area contributed by atoms with Gasteiger partial charge in [0.1, 0.15) is 0 Å². The summed E-state index contributed by atoms with van der Waals surface area (Å²) in [6, 6.07) is 8.99. The van der Waals surface area contributed by atoms with E-state index in [1.165, 1.54) is 25.8 Å². The van der Waals surface area contributed by atoms with E-state index < -0.39 is 11.6 Å². The number of carbonyl (C=O) groups excluding carboxylic acids is 1. The highest BCUT2D eigenvalue weighted by molar-refractivity contribution is 5.94. The van der Waals surface area contributed by atoms with E-state index in [0.29, 0.717) is 24.8 Å². The molecular weight excluding hydrogens is 492 g/mol. The second-order valence-electron chi connectivity index (χ2n) is 10.6. The Hall–Kier alpha value is -2.79. The molecule has 1 amide bonds. The molecule has 0 bridgehead atoms. The van der Waals surface area contributed by atoms with Crippen molar-refractivity contribution in [2.75, 3.05) is 47.4 Å². The summed E-state index contributed by atoms with van der Waals surface area (Å²) in [6.07, 6.45) is 1.54. The number of piperazine rings is 1. The van der Waals surface area contributed by atoms with Gasteiger partial charge >= 0.3 is 0 Å². The number of ether oxygens (including phenoxy) is 2. The van der Waals surface area contributed by atoms with Crippen molar-refractivity contribution in [3.05, 3.63) is 58.7 Å². The highest BCUT2D eigenvalue weighted by atomic mass is 19.1. The van der Waals surface area contributed by atoms with Crippen LogP contribution in [0.1, 0.15) is 46.7 Å². The molecule has 2 heterocycles. The van der Waals surface area contributed by atoms with E-state index in [1.54, 1.807) is 0 Å². The van der Waals surface area contributed by atoms with Crippen LogP contribution in [0, 0.1) is 17.6 Å². The predicted octanol–water partition coefficient (Wildman–Crippen LogP) is 2.85. The van der Waals surface area contributed by atoms with Gasteiger partial charge in [0.2, 0.25) is 0 Å². The highest BCUT2D eigenvalue weighted by Gasteiger charge is 2.43. The van der Waals surface area contributed by atoms with Crippen LogP contribution >= 0.6 is 0 Å². The van der Waals surface area contributed by atoms with Gasteiger partial charge in [-0.2, -0.15) is 0 Å². The Morgan fingerprint density at radius 3 is 2.29 bits per heavy atom. The summed E-state index contributed by atoms with van der Waals surface area (Å²) in [5.41, 5.74) is 8.23. The fourth-order valence-electron chi connectivity index (χ4n) is 5.98. The summed E-state index contributed by atoms with van der Waals surface area (Å²) in [5.74, 6) is -1.80. The third-order valence-electron chi connectivity index (χ3n) is 8.28. The molecule has 2 aliphatic heterocycles. The minimum absolute atomic E-state index is 0.00518. The molecule has 1 saturated carbocycles. The van der Waals surface area contributed by atoms with Gasteiger partial charge in [-0.05, 0) is 49.9 Å². The number of hydrogen-bond donors (Lipinski definition) is 3. The van der Waals surface area contributed by atoms with E-state index in [1.807, 2.05) is 24.3 Å². The number of amides is 1. The van der Waals surface area contributed by atoms with Crippen LogP contribution in [0.3, 0.4) is 0 Å². The third-order valence-corrected chi connectivity index (χ3v) is 8.28. The number of hydrazine groups is 1. The molecule has 2 aromatic rings. The van der Waals surface area contributed by atoms with Gasteiger partial charge in [-0.3, -0.25) is 15.1 Å². The zero-order chi connectivity index (χ0) is 26.8. The first-order valence-electron chi connectivity index (χ1n) is 13.3. The normalized spacial score (nSPS) is 26.1. The van der Waals surface area contributed by atoms with Gasteiger partial charge in [-0.15, -0.1) is 0 Å². The summed E-state index contributed by atoms with van der Waals surface area (Å²) >= 11 is 0. The van der Waals surface area contributed by atoms with E-state index in [-0.39, 0.29) is 47.0 Å². The number of halogens is 2. The minimum atomic E-state index is -0.680. The lowest BCUT2D eigenvalue weighted by molar-refractivity contribution is 0.0915. The molecule has 38 heavy (non-hydrogen) atoms. The van der Waals surface area contributed by atoms with Crippen molar-refractivity contribution in [3.8, 4) is 11.5 Å². The first-order chi connectivity index (χ1) is 18.4. The van der Waals surface area contributed by atoms with E-state index in [9.17, 15) is 4.79 Å². The second kappa shape index (κ2) is 11.5. The Balaban J connectivity index is 1.19. The molecule has 5 rings (SSSR count).